The topological polar surface area (TPSA) is 45.7 Å². The number of rotatable bonds is 2. The summed E-state index contributed by atoms with van der Waals surface area (Å²) in [5.41, 5.74) is 0. The van der Waals surface area contributed by atoms with E-state index in [9.17, 15) is 4.79 Å². The van der Waals surface area contributed by atoms with Crippen LogP contribution in [0.3, 0.4) is 0 Å². The van der Waals surface area contributed by atoms with Crippen LogP contribution in [0.5, 0.6) is 0 Å². The number of anilines is 1. The number of carbonyl (C=O) groups excluding carboxylic acids is 1. The van der Waals surface area contributed by atoms with Crippen molar-refractivity contribution in [2.24, 2.45) is 0 Å². The van der Waals surface area contributed by atoms with Crippen molar-refractivity contribution in [3.05, 3.63) is 23.4 Å². The van der Waals surface area contributed by atoms with Crippen molar-refractivity contribution < 1.29 is 9.53 Å². The molecule has 0 aliphatic carbocycles. The normalized spacial score (nSPS) is 23.1. The van der Waals surface area contributed by atoms with E-state index < -0.39 is 0 Å². The van der Waals surface area contributed by atoms with Crippen LogP contribution in [0.2, 0.25) is 5.02 Å². The molecule has 1 aromatic heterocycles. The highest BCUT2D eigenvalue weighted by Crippen LogP contribution is 2.24. The molecule has 0 radical (unpaired) electrons. The van der Waals surface area contributed by atoms with Gasteiger partial charge in [0.05, 0.1) is 5.02 Å². The van der Waals surface area contributed by atoms with Crippen LogP contribution >= 0.6 is 11.6 Å². The van der Waals surface area contributed by atoms with Gasteiger partial charge in [-0.25, -0.2) is 4.98 Å². The van der Waals surface area contributed by atoms with Crippen LogP contribution in [0, 0.1) is 0 Å². The Labute approximate surface area is 123 Å². The van der Waals surface area contributed by atoms with E-state index in [2.05, 4.69) is 9.88 Å². The molecule has 108 valence electrons. The largest absolute Gasteiger partial charge is 0.368 e. The van der Waals surface area contributed by atoms with Gasteiger partial charge in [-0.15, -0.1) is 0 Å². The van der Waals surface area contributed by atoms with E-state index in [0.717, 1.165) is 31.7 Å². The molecule has 6 heteroatoms. The van der Waals surface area contributed by atoms with E-state index in [4.69, 9.17) is 16.3 Å². The number of pyridine rings is 1. The number of ether oxygens (including phenoxy) is 1. The predicted octanol–water partition coefficient (Wildman–Crippen LogP) is 1.56. The maximum Gasteiger partial charge on any atom is 0.251 e. The van der Waals surface area contributed by atoms with Gasteiger partial charge in [0.1, 0.15) is 11.9 Å². The van der Waals surface area contributed by atoms with Crippen LogP contribution in [0.25, 0.3) is 0 Å². The minimum atomic E-state index is -0.222. The highest BCUT2D eigenvalue weighted by atomic mass is 35.5. The number of hydrogen-bond acceptors (Lipinski definition) is 4. The first-order valence-corrected chi connectivity index (χ1v) is 7.39. The van der Waals surface area contributed by atoms with Gasteiger partial charge in [-0.1, -0.05) is 11.6 Å². The van der Waals surface area contributed by atoms with Crippen molar-refractivity contribution in [2.75, 3.05) is 37.7 Å². The molecule has 1 aromatic rings. The monoisotopic (exact) mass is 295 g/mol. The lowest BCUT2D eigenvalue weighted by atomic mass is 10.2. The number of amides is 1. The van der Waals surface area contributed by atoms with Crippen LogP contribution in [0.15, 0.2) is 18.3 Å². The molecule has 3 rings (SSSR count). The number of nitrogens with zero attached hydrogens (tertiary/aromatic N) is 3. The van der Waals surface area contributed by atoms with E-state index in [1.54, 1.807) is 6.20 Å². The minimum Gasteiger partial charge on any atom is -0.368 e. The van der Waals surface area contributed by atoms with Crippen LogP contribution < -0.4 is 4.90 Å². The quantitative estimate of drug-likeness (QED) is 0.831. The summed E-state index contributed by atoms with van der Waals surface area (Å²) in [4.78, 5) is 20.6. The van der Waals surface area contributed by atoms with Gasteiger partial charge in [0.15, 0.2) is 0 Å². The fourth-order valence-corrected chi connectivity index (χ4v) is 2.97. The first-order chi connectivity index (χ1) is 9.75. The van der Waals surface area contributed by atoms with Gasteiger partial charge in [0.25, 0.3) is 5.91 Å². The predicted molar refractivity (Wildman–Crippen MR) is 77.0 cm³/mol. The van der Waals surface area contributed by atoms with Gasteiger partial charge in [-0.3, -0.25) is 4.79 Å². The third-order valence-corrected chi connectivity index (χ3v) is 4.13. The molecule has 0 N–H and O–H groups in total. The minimum absolute atomic E-state index is 0.134. The van der Waals surface area contributed by atoms with Gasteiger partial charge in [-0.05, 0) is 25.0 Å². The summed E-state index contributed by atoms with van der Waals surface area (Å²) in [5, 5.41) is 0.659. The second-order valence-electron chi connectivity index (χ2n) is 5.12. The van der Waals surface area contributed by atoms with Gasteiger partial charge in [0, 0.05) is 39.0 Å². The van der Waals surface area contributed by atoms with Gasteiger partial charge in [-0.2, -0.15) is 0 Å². The van der Waals surface area contributed by atoms with E-state index in [1.807, 2.05) is 17.0 Å². The molecule has 0 spiro atoms. The summed E-state index contributed by atoms with van der Waals surface area (Å²) in [6.45, 7) is 3.63. The fourth-order valence-electron chi connectivity index (χ4n) is 2.72. The molecule has 0 aromatic carbocycles. The Kier molecular flexibility index (Phi) is 4.08. The molecule has 1 amide bonds. The molecule has 20 heavy (non-hydrogen) atoms. The Morgan fingerprint density at radius 1 is 1.35 bits per heavy atom. The molecular weight excluding hydrogens is 278 g/mol. The lowest BCUT2D eigenvalue weighted by molar-refractivity contribution is -0.141. The van der Waals surface area contributed by atoms with Crippen molar-refractivity contribution >= 4 is 23.3 Å². The molecule has 5 nitrogen and oxygen atoms in total. The Morgan fingerprint density at radius 3 is 2.80 bits per heavy atom. The first-order valence-electron chi connectivity index (χ1n) is 7.01. The summed E-state index contributed by atoms with van der Waals surface area (Å²) in [5.74, 6) is 0.938. The average molecular weight is 296 g/mol. The molecule has 0 unspecified atom stereocenters. The second-order valence-corrected chi connectivity index (χ2v) is 5.53. The maximum atomic E-state index is 12.3. The maximum absolute atomic E-state index is 12.3. The van der Waals surface area contributed by atoms with Crippen molar-refractivity contribution in [2.45, 2.75) is 18.9 Å². The summed E-state index contributed by atoms with van der Waals surface area (Å²) in [6, 6.07) is 3.66. The smallest absolute Gasteiger partial charge is 0.251 e. The summed E-state index contributed by atoms with van der Waals surface area (Å²) >= 11 is 6.16. The zero-order chi connectivity index (χ0) is 13.9. The number of piperazine rings is 1. The first kappa shape index (κ1) is 13.6. The summed E-state index contributed by atoms with van der Waals surface area (Å²) in [6.07, 6.45) is 3.36. The van der Waals surface area contributed by atoms with Crippen LogP contribution in [0.1, 0.15) is 12.8 Å². The van der Waals surface area contributed by atoms with E-state index >= 15 is 0 Å². The van der Waals surface area contributed by atoms with E-state index in [-0.39, 0.29) is 12.0 Å². The summed E-state index contributed by atoms with van der Waals surface area (Å²) < 4.78 is 5.46. The zero-order valence-corrected chi connectivity index (χ0v) is 12.1. The molecule has 2 aliphatic heterocycles. The number of aromatic nitrogens is 1. The third-order valence-electron chi connectivity index (χ3n) is 3.84. The highest BCUT2D eigenvalue weighted by Gasteiger charge is 2.30. The van der Waals surface area contributed by atoms with Crippen molar-refractivity contribution in [3.8, 4) is 0 Å². The Morgan fingerprint density at radius 2 is 2.15 bits per heavy atom. The number of carbonyl (C=O) groups is 1. The summed E-state index contributed by atoms with van der Waals surface area (Å²) in [7, 11) is 0. The van der Waals surface area contributed by atoms with E-state index in [1.165, 1.54) is 0 Å². The highest BCUT2D eigenvalue weighted by molar-refractivity contribution is 6.32. The van der Waals surface area contributed by atoms with Gasteiger partial charge < -0.3 is 14.5 Å². The van der Waals surface area contributed by atoms with Crippen LogP contribution in [0.4, 0.5) is 5.82 Å². The van der Waals surface area contributed by atoms with Crippen molar-refractivity contribution in [1.82, 2.24) is 9.88 Å². The molecule has 3 heterocycles. The molecule has 2 aliphatic rings. The lowest BCUT2D eigenvalue weighted by Crippen LogP contribution is -2.51. The third kappa shape index (κ3) is 2.74. The second kappa shape index (κ2) is 5.97. The van der Waals surface area contributed by atoms with Gasteiger partial charge in [0.2, 0.25) is 0 Å². The van der Waals surface area contributed by atoms with Crippen LogP contribution in [-0.4, -0.2) is 54.7 Å². The standard InChI is InChI=1S/C14H18ClN3O2/c15-11-3-1-5-16-13(11)17-6-8-18(9-7-17)14(19)12-4-2-10-20-12/h1,3,5,12H,2,4,6-10H2/t12-/m0/s1. The average Bonchev–Trinajstić information content (AvgIpc) is 3.01. The molecule has 2 fully saturated rings. The Hall–Kier alpha value is -1.33. The van der Waals surface area contributed by atoms with Crippen molar-refractivity contribution in [1.29, 1.82) is 0 Å². The zero-order valence-electron chi connectivity index (χ0n) is 11.3. The Balaban J connectivity index is 1.59. The molecular formula is C14H18ClN3O2. The number of halogens is 1. The SMILES string of the molecule is O=C([C@@H]1CCCO1)N1CCN(c2ncccc2Cl)CC1. The molecule has 0 saturated carbocycles. The Bertz CT molecular complexity index is 483. The molecule has 0 bridgehead atoms. The molecule has 2 saturated heterocycles. The lowest BCUT2D eigenvalue weighted by Gasteiger charge is -2.36. The van der Waals surface area contributed by atoms with Crippen molar-refractivity contribution in [3.63, 3.8) is 0 Å². The van der Waals surface area contributed by atoms with Crippen LogP contribution in [-0.2, 0) is 9.53 Å². The number of hydrogen-bond donors (Lipinski definition) is 0. The van der Waals surface area contributed by atoms with E-state index in [0.29, 0.717) is 24.7 Å². The fraction of sp³-hybridized carbons (Fsp3) is 0.571. The van der Waals surface area contributed by atoms with Gasteiger partial charge >= 0.3 is 0 Å². The molecule has 1 atom stereocenters.